The topological polar surface area (TPSA) is 55.1 Å². The van der Waals surface area contributed by atoms with E-state index in [4.69, 9.17) is 17.3 Å². The second-order valence-corrected chi connectivity index (χ2v) is 5.17. The van der Waals surface area contributed by atoms with Crippen LogP contribution >= 0.6 is 11.6 Å². The van der Waals surface area contributed by atoms with Crippen molar-refractivity contribution in [3.63, 3.8) is 0 Å². The van der Waals surface area contributed by atoms with Crippen molar-refractivity contribution < 1.29 is 4.79 Å². The van der Waals surface area contributed by atoms with Crippen molar-refractivity contribution >= 4 is 23.2 Å². The molecule has 3 N–H and O–H groups in total. The van der Waals surface area contributed by atoms with Crippen molar-refractivity contribution in [3.05, 3.63) is 28.3 Å². The van der Waals surface area contributed by atoms with E-state index in [0.717, 1.165) is 29.7 Å². The summed E-state index contributed by atoms with van der Waals surface area (Å²) in [6.07, 6.45) is 1.97. The Labute approximate surface area is 134 Å². The highest BCUT2D eigenvalue weighted by Crippen LogP contribution is 2.34. The summed E-state index contributed by atoms with van der Waals surface area (Å²) < 4.78 is 0. The molecular weight excluding hydrogens is 284 g/mol. The Hall–Kier alpha value is -1.06. The van der Waals surface area contributed by atoms with Gasteiger partial charge in [-0.1, -0.05) is 39.3 Å². The summed E-state index contributed by atoms with van der Waals surface area (Å²) in [5.41, 5.74) is 8.48. The van der Waals surface area contributed by atoms with Gasteiger partial charge in [-0.05, 0) is 44.4 Å². The molecule has 0 aliphatic heterocycles. The summed E-state index contributed by atoms with van der Waals surface area (Å²) in [4.78, 5) is 11.8. The Morgan fingerprint density at radius 1 is 1.29 bits per heavy atom. The summed E-state index contributed by atoms with van der Waals surface area (Å²) >= 11 is 6.18. The fourth-order valence-corrected chi connectivity index (χ4v) is 2.35. The Balaban J connectivity index is 0.000000921. The molecule has 120 valence electrons. The molecule has 1 fully saturated rings. The van der Waals surface area contributed by atoms with Gasteiger partial charge in [0, 0.05) is 28.2 Å². The number of rotatable bonds is 3. The summed E-state index contributed by atoms with van der Waals surface area (Å²) in [7, 11) is 0. The van der Waals surface area contributed by atoms with Crippen molar-refractivity contribution in [1.82, 2.24) is 0 Å². The second-order valence-electron chi connectivity index (χ2n) is 4.76. The normalized spacial score (nSPS) is 14.1. The predicted molar refractivity (Wildman–Crippen MR) is 92.8 cm³/mol. The Morgan fingerprint density at radius 3 is 2.24 bits per heavy atom. The number of anilines is 1. The summed E-state index contributed by atoms with van der Waals surface area (Å²) in [6, 6.07) is 3.59. The molecule has 1 aromatic carbocycles. The standard InChI is InChI=1S/C13H17ClN2O.2C2H6/c1-7-5-10(14)12(8(2)15)11(6-7)16-13(17)9-3-4-9;2*1-2/h5-6,8-9H,3-4,15H2,1-2H3,(H,16,17);2*1-2H3. The van der Waals surface area contributed by atoms with Gasteiger partial charge >= 0.3 is 0 Å². The van der Waals surface area contributed by atoms with Crippen LogP contribution in [0.1, 0.15) is 64.6 Å². The van der Waals surface area contributed by atoms with E-state index in [1.54, 1.807) is 0 Å². The van der Waals surface area contributed by atoms with Gasteiger partial charge in [-0.25, -0.2) is 0 Å². The smallest absolute Gasteiger partial charge is 0.227 e. The second kappa shape index (κ2) is 9.80. The highest BCUT2D eigenvalue weighted by Gasteiger charge is 2.30. The highest BCUT2D eigenvalue weighted by molar-refractivity contribution is 6.32. The van der Waals surface area contributed by atoms with Crippen molar-refractivity contribution in [2.45, 2.75) is 60.4 Å². The molecule has 0 radical (unpaired) electrons. The molecule has 0 spiro atoms. The molecule has 3 nitrogen and oxygen atoms in total. The molecule has 1 saturated carbocycles. The fourth-order valence-electron chi connectivity index (χ4n) is 1.90. The van der Waals surface area contributed by atoms with Gasteiger partial charge < -0.3 is 11.1 Å². The molecule has 1 atom stereocenters. The molecule has 1 amide bonds. The van der Waals surface area contributed by atoms with Crippen LogP contribution in [0.2, 0.25) is 5.02 Å². The van der Waals surface area contributed by atoms with Crippen LogP contribution < -0.4 is 11.1 Å². The maximum atomic E-state index is 11.8. The Morgan fingerprint density at radius 2 is 1.81 bits per heavy atom. The van der Waals surface area contributed by atoms with E-state index in [1.165, 1.54) is 0 Å². The molecular formula is C17H29ClN2O. The SMILES string of the molecule is CC.CC.Cc1cc(Cl)c(C(C)N)c(NC(=O)C2CC2)c1. The number of amides is 1. The van der Waals surface area contributed by atoms with Gasteiger partial charge in [0.15, 0.2) is 0 Å². The summed E-state index contributed by atoms with van der Waals surface area (Å²) in [5.74, 6) is 0.254. The first-order valence-electron chi connectivity index (χ1n) is 7.85. The number of nitrogens with one attached hydrogen (secondary N) is 1. The van der Waals surface area contributed by atoms with E-state index < -0.39 is 0 Å². The van der Waals surface area contributed by atoms with Crippen molar-refractivity contribution in [2.24, 2.45) is 11.7 Å². The van der Waals surface area contributed by atoms with Crippen molar-refractivity contribution in [3.8, 4) is 0 Å². The largest absolute Gasteiger partial charge is 0.325 e. The molecule has 0 bridgehead atoms. The van der Waals surface area contributed by atoms with Gasteiger partial charge in [0.1, 0.15) is 0 Å². The lowest BCUT2D eigenvalue weighted by atomic mass is 10.0. The molecule has 21 heavy (non-hydrogen) atoms. The van der Waals surface area contributed by atoms with Gasteiger partial charge in [-0.3, -0.25) is 4.79 Å². The predicted octanol–water partition coefficient (Wildman–Crippen LogP) is 5.07. The number of hydrogen-bond acceptors (Lipinski definition) is 2. The van der Waals surface area contributed by atoms with Gasteiger partial charge in [0.25, 0.3) is 0 Å². The van der Waals surface area contributed by atoms with E-state index in [9.17, 15) is 4.79 Å². The summed E-state index contributed by atoms with van der Waals surface area (Å²) in [6.45, 7) is 11.8. The molecule has 0 aromatic heterocycles. The molecule has 1 aromatic rings. The van der Waals surface area contributed by atoms with Crippen molar-refractivity contribution in [2.75, 3.05) is 5.32 Å². The van der Waals surface area contributed by atoms with Gasteiger partial charge in [-0.15, -0.1) is 0 Å². The quantitative estimate of drug-likeness (QED) is 0.818. The Bertz CT molecular complexity index is 454. The maximum Gasteiger partial charge on any atom is 0.227 e. The number of nitrogens with two attached hydrogens (primary N) is 1. The maximum absolute atomic E-state index is 11.8. The van der Waals surface area contributed by atoms with Crippen LogP contribution in [0.15, 0.2) is 12.1 Å². The van der Waals surface area contributed by atoms with Crippen LogP contribution in [0.4, 0.5) is 5.69 Å². The van der Waals surface area contributed by atoms with E-state index in [0.29, 0.717) is 5.02 Å². The first-order valence-corrected chi connectivity index (χ1v) is 8.23. The van der Waals surface area contributed by atoms with E-state index in [1.807, 2.05) is 53.7 Å². The lowest BCUT2D eigenvalue weighted by molar-refractivity contribution is -0.117. The van der Waals surface area contributed by atoms with Crippen LogP contribution in [0.3, 0.4) is 0 Å². The first-order chi connectivity index (χ1) is 9.99. The van der Waals surface area contributed by atoms with E-state index >= 15 is 0 Å². The average molecular weight is 313 g/mol. The minimum Gasteiger partial charge on any atom is -0.325 e. The third-order valence-corrected chi connectivity index (χ3v) is 3.25. The van der Waals surface area contributed by atoms with Gasteiger partial charge in [0.05, 0.1) is 0 Å². The molecule has 1 aliphatic rings. The molecule has 4 heteroatoms. The van der Waals surface area contributed by atoms with Crippen LogP contribution in [0.5, 0.6) is 0 Å². The molecule has 0 heterocycles. The molecule has 1 unspecified atom stereocenters. The van der Waals surface area contributed by atoms with Crippen LogP contribution in [0.25, 0.3) is 0 Å². The molecule has 0 saturated heterocycles. The number of hydrogen-bond donors (Lipinski definition) is 2. The lowest BCUT2D eigenvalue weighted by Gasteiger charge is -2.16. The van der Waals surface area contributed by atoms with Crippen molar-refractivity contribution in [1.29, 1.82) is 0 Å². The molecule has 1 aliphatic carbocycles. The third kappa shape index (κ3) is 6.06. The van der Waals surface area contributed by atoms with Crippen LogP contribution in [0, 0.1) is 12.8 Å². The highest BCUT2D eigenvalue weighted by atomic mass is 35.5. The minimum absolute atomic E-state index is 0.0774. The third-order valence-electron chi connectivity index (χ3n) is 2.94. The zero-order valence-electron chi connectivity index (χ0n) is 14.1. The monoisotopic (exact) mass is 312 g/mol. The Kier molecular flexibility index (Phi) is 9.31. The van der Waals surface area contributed by atoms with E-state index in [2.05, 4.69) is 5.32 Å². The van der Waals surface area contributed by atoms with Crippen LogP contribution in [-0.4, -0.2) is 5.91 Å². The van der Waals surface area contributed by atoms with Crippen LogP contribution in [-0.2, 0) is 4.79 Å². The number of aryl methyl sites for hydroxylation is 1. The number of carbonyl (C=O) groups is 1. The lowest BCUT2D eigenvalue weighted by Crippen LogP contribution is -2.17. The summed E-state index contributed by atoms with van der Waals surface area (Å²) in [5, 5.41) is 3.55. The van der Waals surface area contributed by atoms with E-state index in [-0.39, 0.29) is 17.9 Å². The minimum atomic E-state index is -0.197. The fraction of sp³-hybridized carbons (Fsp3) is 0.588. The zero-order chi connectivity index (χ0) is 16.6. The van der Waals surface area contributed by atoms with Gasteiger partial charge in [0.2, 0.25) is 5.91 Å². The number of benzene rings is 1. The number of halogens is 1. The van der Waals surface area contributed by atoms with Gasteiger partial charge in [-0.2, -0.15) is 0 Å². The zero-order valence-corrected chi connectivity index (χ0v) is 14.8. The number of carbonyl (C=O) groups excluding carboxylic acids is 1. The molecule has 2 rings (SSSR count). The average Bonchev–Trinajstić information content (AvgIpc) is 3.26. The first kappa shape index (κ1) is 19.9.